The average molecular weight is 472 g/mol. The Morgan fingerprint density at radius 1 is 1.52 bits per heavy atom. The van der Waals surface area contributed by atoms with Crippen LogP contribution in [0, 0.1) is 11.8 Å². The lowest BCUT2D eigenvalue weighted by Crippen LogP contribution is -2.30. The molecule has 1 saturated heterocycles. The van der Waals surface area contributed by atoms with E-state index in [0.29, 0.717) is 18.2 Å². The van der Waals surface area contributed by atoms with E-state index in [2.05, 4.69) is 27.4 Å². The number of hydrogen-bond donors (Lipinski definition) is 0. The lowest BCUT2D eigenvalue weighted by Gasteiger charge is -2.29. The van der Waals surface area contributed by atoms with Crippen LogP contribution in [0.25, 0.3) is 0 Å². The van der Waals surface area contributed by atoms with E-state index in [9.17, 15) is 4.79 Å². The molecule has 1 aliphatic carbocycles. The third-order valence-corrected chi connectivity index (χ3v) is 8.07. The minimum absolute atomic E-state index is 0.0850. The van der Waals surface area contributed by atoms with E-state index in [1.165, 1.54) is 11.3 Å². The molecule has 5 atom stereocenters. The molecule has 29 heavy (non-hydrogen) atoms. The minimum Gasteiger partial charge on any atom is -0.461 e. The van der Waals surface area contributed by atoms with Crippen molar-refractivity contribution >= 4 is 57.0 Å². The van der Waals surface area contributed by atoms with Crippen LogP contribution in [0.3, 0.4) is 0 Å². The third kappa shape index (κ3) is 6.70. The van der Waals surface area contributed by atoms with Crippen LogP contribution >= 0.6 is 34.7 Å². The van der Waals surface area contributed by atoms with Crippen molar-refractivity contribution in [3.05, 3.63) is 22.1 Å². The highest BCUT2D eigenvalue weighted by Crippen LogP contribution is 2.42. The molecule has 9 heteroatoms. The zero-order valence-corrected chi connectivity index (χ0v) is 20.2. The average Bonchev–Trinajstić information content (AvgIpc) is 3.29. The van der Waals surface area contributed by atoms with Crippen molar-refractivity contribution < 1.29 is 19.0 Å². The Morgan fingerprint density at radius 3 is 3.10 bits per heavy atom. The van der Waals surface area contributed by atoms with Gasteiger partial charge in [-0.15, -0.1) is 29.0 Å². The monoisotopic (exact) mass is 471 g/mol. The number of alkyl halides is 1. The normalized spacial score (nSPS) is 30.1. The molecule has 0 N–H and O–H groups in total. The summed E-state index contributed by atoms with van der Waals surface area (Å²) >= 11 is 12.5. The summed E-state index contributed by atoms with van der Waals surface area (Å²) < 4.78 is 18.0. The molecule has 1 aromatic heterocycles. The van der Waals surface area contributed by atoms with Crippen molar-refractivity contribution in [3.63, 3.8) is 0 Å². The molecule has 1 aliphatic heterocycles. The zero-order chi connectivity index (χ0) is 20.6. The molecule has 0 bridgehead atoms. The van der Waals surface area contributed by atoms with E-state index in [4.69, 9.17) is 25.8 Å². The molecular weight excluding hydrogens is 445 g/mol. The molecule has 2 fully saturated rings. The van der Waals surface area contributed by atoms with E-state index in [0.717, 1.165) is 48.8 Å². The predicted molar refractivity (Wildman–Crippen MR) is 118 cm³/mol. The van der Waals surface area contributed by atoms with Gasteiger partial charge in [0.1, 0.15) is 0 Å². The van der Waals surface area contributed by atoms with Gasteiger partial charge in [-0.25, -0.2) is 9.78 Å². The van der Waals surface area contributed by atoms with Gasteiger partial charge in [0, 0.05) is 29.0 Å². The standard InChI is InChI=1S/C20H27ClNO4S2.Al/c1-3-13-14(15(21)11-17(13)26-18-7-5-6-9-25-18)8-10-27-20-22-16(12-28-20)19(23)24-4-2;/h1,3,12-15,17-18H,4-11H2,2H3;/t13?,14?,15-,17-,18?;/m1./s1. The SMILES string of the molecule is CCOC(=O)c1csc(SCCC2C(/C=[CH]\[Al])[C@H](OC3CCCCO3)C[C@H]2Cl)n1. The molecule has 2 heterocycles. The molecule has 0 aromatic carbocycles. The second-order valence-electron chi connectivity index (χ2n) is 7.20. The highest BCUT2D eigenvalue weighted by molar-refractivity contribution is 8.01. The van der Waals surface area contributed by atoms with Crippen molar-refractivity contribution in [2.75, 3.05) is 19.0 Å². The number of rotatable bonds is 9. The second-order valence-corrected chi connectivity index (χ2v) is 10.4. The first-order chi connectivity index (χ1) is 14.1. The van der Waals surface area contributed by atoms with Gasteiger partial charge in [0.05, 0.1) is 12.7 Å². The molecule has 3 rings (SSSR count). The fraction of sp³-hybridized carbons (Fsp3) is 0.700. The van der Waals surface area contributed by atoms with Gasteiger partial charge < -0.3 is 14.2 Å². The first-order valence-corrected chi connectivity index (χ1v) is 13.1. The Morgan fingerprint density at radius 2 is 2.38 bits per heavy atom. The number of thiazole rings is 1. The molecule has 3 unspecified atom stereocenters. The van der Waals surface area contributed by atoms with Crippen LogP contribution in [0.1, 0.15) is 49.5 Å². The summed E-state index contributed by atoms with van der Waals surface area (Å²) in [4.78, 5) is 18.2. The van der Waals surface area contributed by atoms with Gasteiger partial charge >= 0.3 is 5.97 Å². The summed E-state index contributed by atoms with van der Waals surface area (Å²) in [7, 11) is 0. The van der Waals surface area contributed by atoms with Crippen LogP contribution in [-0.2, 0) is 14.2 Å². The summed E-state index contributed by atoms with van der Waals surface area (Å²) in [5, 5.41) is 1.84. The molecule has 1 aromatic rings. The van der Waals surface area contributed by atoms with Crippen LogP contribution in [-0.4, -0.2) is 64.0 Å². The topological polar surface area (TPSA) is 57.7 Å². The van der Waals surface area contributed by atoms with Gasteiger partial charge in [-0.05, 0) is 44.9 Å². The second kappa shape index (κ2) is 12.1. The molecular formula is C20H27AlClNO4S2. The van der Waals surface area contributed by atoms with E-state index >= 15 is 0 Å². The largest absolute Gasteiger partial charge is 0.461 e. The molecule has 0 spiro atoms. The van der Waals surface area contributed by atoms with Crippen LogP contribution in [0.5, 0.6) is 0 Å². The summed E-state index contributed by atoms with van der Waals surface area (Å²) in [5.41, 5.74) is 0.389. The number of esters is 1. The Hall–Kier alpha value is -0.0675. The Balaban J connectivity index is 1.52. The van der Waals surface area contributed by atoms with Gasteiger partial charge in [0.25, 0.3) is 0 Å². The van der Waals surface area contributed by atoms with E-state index in [1.807, 2.05) is 4.94 Å². The Labute approximate surface area is 194 Å². The number of nitrogens with zero attached hydrogens (tertiary/aromatic N) is 1. The quantitative estimate of drug-likeness (QED) is 0.226. The van der Waals surface area contributed by atoms with E-state index < -0.39 is 0 Å². The van der Waals surface area contributed by atoms with Gasteiger partial charge in [0.2, 0.25) is 0 Å². The lowest BCUT2D eigenvalue weighted by atomic mass is 9.92. The fourth-order valence-corrected chi connectivity index (χ4v) is 6.54. The van der Waals surface area contributed by atoms with E-state index in [1.54, 1.807) is 24.1 Å². The minimum atomic E-state index is -0.359. The van der Waals surface area contributed by atoms with E-state index in [-0.39, 0.29) is 29.7 Å². The van der Waals surface area contributed by atoms with Crippen LogP contribution in [0.4, 0.5) is 0 Å². The maximum absolute atomic E-state index is 11.8. The highest BCUT2D eigenvalue weighted by atomic mass is 35.5. The number of thioether (sulfide) groups is 1. The third-order valence-electron chi connectivity index (χ3n) is 5.29. The van der Waals surface area contributed by atoms with Gasteiger partial charge in [-0.3, -0.25) is 0 Å². The number of carbonyl (C=O) groups excluding carboxylic acids is 1. The Kier molecular flexibility index (Phi) is 9.84. The van der Waals surface area contributed by atoms with Crippen molar-refractivity contribution in [3.8, 4) is 0 Å². The van der Waals surface area contributed by atoms with Crippen molar-refractivity contribution in [2.45, 2.75) is 61.1 Å². The lowest BCUT2D eigenvalue weighted by molar-refractivity contribution is -0.192. The maximum atomic E-state index is 11.8. The van der Waals surface area contributed by atoms with Gasteiger partial charge in [0.15, 0.2) is 32.6 Å². The maximum Gasteiger partial charge on any atom is 0.357 e. The van der Waals surface area contributed by atoms with Crippen LogP contribution < -0.4 is 0 Å². The summed E-state index contributed by atoms with van der Waals surface area (Å²) in [6.45, 7) is 2.94. The smallest absolute Gasteiger partial charge is 0.357 e. The van der Waals surface area contributed by atoms with Crippen molar-refractivity contribution in [1.29, 1.82) is 0 Å². The molecule has 5 nitrogen and oxygen atoms in total. The fourth-order valence-electron chi connectivity index (χ4n) is 3.90. The zero-order valence-electron chi connectivity index (χ0n) is 16.6. The van der Waals surface area contributed by atoms with Crippen LogP contribution in [0.2, 0.25) is 0 Å². The number of carbonyl (C=O) groups is 1. The summed E-state index contributed by atoms with van der Waals surface area (Å²) in [6, 6.07) is 0. The highest BCUT2D eigenvalue weighted by Gasteiger charge is 2.42. The first-order valence-electron chi connectivity index (χ1n) is 10.2. The predicted octanol–water partition coefficient (Wildman–Crippen LogP) is 4.64. The number of halogens is 1. The summed E-state index contributed by atoms with van der Waals surface area (Å²) in [5.74, 6) is 1.17. The van der Waals surface area contributed by atoms with Crippen LogP contribution in [0.15, 0.2) is 20.7 Å². The number of hydrogen-bond acceptors (Lipinski definition) is 7. The van der Waals surface area contributed by atoms with Crippen molar-refractivity contribution in [2.24, 2.45) is 11.8 Å². The molecule has 1 saturated carbocycles. The molecule has 2 radical (unpaired) electrons. The molecule has 2 aliphatic rings. The Bertz CT molecular complexity index is 683. The van der Waals surface area contributed by atoms with Gasteiger partial charge in [-0.1, -0.05) is 11.8 Å². The van der Waals surface area contributed by atoms with Gasteiger partial charge in [-0.2, -0.15) is 4.94 Å². The molecule has 0 amide bonds. The first kappa shape index (κ1) is 23.6. The van der Waals surface area contributed by atoms with Crippen molar-refractivity contribution in [1.82, 2.24) is 4.98 Å². The summed E-state index contributed by atoms with van der Waals surface area (Å²) in [6.07, 6.45) is 7.27. The number of ether oxygens (including phenoxy) is 3. The number of aromatic nitrogens is 1. The molecule has 158 valence electrons.